The molecule has 1 heterocycles. The summed E-state index contributed by atoms with van der Waals surface area (Å²) in [7, 11) is 0. The van der Waals surface area contributed by atoms with E-state index in [1.165, 1.54) is 0 Å². The molecule has 1 saturated heterocycles. The fourth-order valence-electron chi connectivity index (χ4n) is 7.16. The Morgan fingerprint density at radius 1 is 0.522 bits per heavy atom. The predicted octanol–water partition coefficient (Wildman–Crippen LogP) is 12.2. The third kappa shape index (κ3) is 36.0. The number of carbonyl (C=O) groups excluding carboxylic acids is 1. The van der Waals surface area contributed by atoms with Crippen LogP contribution in [0.5, 0.6) is 0 Å². The van der Waals surface area contributed by atoms with Crippen molar-refractivity contribution in [2.45, 2.75) is 211 Å². The van der Waals surface area contributed by atoms with Crippen molar-refractivity contribution >= 4 is 5.91 Å². The van der Waals surface area contributed by atoms with E-state index < -0.39 is 49.5 Å². The number of carbonyl (C=O) groups is 1. The van der Waals surface area contributed by atoms with E-state index in [1.807, 2.05) is 0 Å². The Kier molecular flexibility index (Phi) is 42.2. The quantitative estimate of drug-likeness (QED) is 0.0262. The molecule has 1 fully saturated rings. The lowest BCUT2D eigenvalue weighted by atomic mass is 9.99. The molecule has 1 amide bonds. The van der Waals surface area contributed by atoms with Crippen molar-refractivity contribution in [3.05, 3.63) is 134 Å². The number of aliphatic hydroxyl groups is 5. The molecular weight excluding hydrogens is 839 g/mol. The monoisotopic (exact) mass is 932 g/mol. The second-order valence-corrected chi connectivity index (χ2v) is 17.2. The zero-order valence-corrected chi connectivity index (χ0v) is 41.6. The summed E-state index contributed by atoms with van der Waals surface area (Å²) in [6.07, 6.45) is 63.9. The van der Waals surface area contributed by atoms with Crippen LogP contribution in [0.25, 0.3) is 0 Å². The fraction of sp³-hybridized carbons (Fsp3) is 0.603. The van der Waals surface area contributed by atoms with Gasteiger partial charge >= 0.3 is 0 Å². The number of nitrogens with one attached hydrogen (secondary N) is 1. The van der Waals surface area contributed by atoms with Crippen molar-refractivity contribution in [3.8, 4) is 0 Å². The average molecular weight is 932 g/mol. The number of ether oxygens (including phenoxy) is 2. The lowest BCUT2D eigenvalue weighted by Crippen LogP contribution is -2.60. The van der Waals surface area contributed by atoms with Gasteiger partial charge in [-0.05, 0) is 96.3 Å². The molecule has 0 aromatic rings. The van der Waals surface area contributed by atoms with Gasteiger partial charge in [0.05, 0.1) is 25.4 Å². The Labute approximate surface area is 407 Å². The second kappa shape index (κ2) is 46.1. The van der Waals surface area contributed by atoms with Crippen molar-refractivity contribution in [1.29, 1.82) is 0 Å². The van der Waals surface area contributed by atoms with Crippen molar-refractivity contribution in [3.63, 3.8) is 0 Å². The summed E-state index contributed by atoms with van der Waals surface area (Å²) in [6.45, 7) is 3.58. The number of allylic oxidation sites excluding steroid dienone is 22. The van der Waals surface area contributed by atoms with E-state index in [4.69, 9.17) is 9.47 Å². The third-order valence-corrected chi connectivity index (χ3v) is 11.3. The molecule has 7 atom stereocenters. The Balaban J connectivity index is 2.11. The molecule has 0 aromatic carbocycles. The van der Waals surface area contributed by atoms with Gasteiger partial charge in [0.2, 0.25) is 5.91 Å². The van der Waals surface area contributed by atoms with Crippen LogP contribution < -0.4 is 5.32 Å². The van der Waals surface area contributed by atoms with E-state index in [9.17, 15) is 30.3 Å². The minimum Gasteiger partial charge on any atom is -0.394 e. The predicted molar refractivity (Wildman–Crippen MR) is 280 cm³/mol. The number of hydrogen-bond acceptors (Lipinski definition) is 8. The normalized spacial score (nSPS) is 20.9. The number of hydrogen-bond donors (Lipinski definition) is 6. The maximum Gasteiger partial charge on any atom is 0.220 e. The number of aliphatic hydroxyl groups excluding tert-OH is 5. The van der Waals surface area contributed by atoms with Gasteiger partial charge in [-0.3, -0.25) is 4.79 Å². The summed E-state index contributed by atoms with van der Waals surface area (Å²) in [5, 5.41) is 53.9. The third-order valence-electron chi connectivity index (χ3n) is 11.3. The van der Waals surface area contributed by atoms with Crippen molar-refractivity contribution < 1.29 is 39.8 Å². The van der Waals surface area contributed by atoms with Gasteiger partial charge in [-0.15, -0.1) is 0 Å². The highest BCUT2D eigenvalue weighted by molar-refractivity contribution is 5.76. The van der Waals surface area contributed by atoms with Crippen LogP contribution in [-0.4, -0.2) is 87.5 Å². The summed E-state index contributed by atoms with van der Waals surface area (Å²) in [4.78, 5) is 12.9. The van der Waals surface area contributed by atoms with Gasteiger partial charge in [0.25, 0.3) is 0 Å². The topological polar surface area (TPSA) is 149 Å². The van der Waals surface area contributed by atoms with E-state index in [1.54, 1.807) is 0 Å². The van der Waals surface area contributed by atoms with Gasteiger partial charge in [-0.1, -0.05) is 199 Å². The summed E-state index contributed by atoms with van der Waals surface area (Å²) >= 11 is 0. The average Bonchev–Trinajstić information content (AvgIpc) is 3.33. The Bertz CT molecular complexity index is 1500. The van der Waals surface area contributed by atoms with Crippen LogP contribution in [0, 0.1) is 0 Å². The van der Waals surface area contributed by atoms with Crippen LogP contribution in [0.1, 0.15) is 168 Å². The molecule has 0 aliphatic carbocycles. The molecule has 0 bridgehead atoms. The molecule has 0 radical (unpaired) electrons. The van der Waals surface area contributed by atoms with Crippen LogP contribution >= 0.6 is 0 Å². The van der Waals surface area contributed by atoms with E-state index in [0.29, 0.717) is 12.8 Å². The standard InChI is InChI=1S/C58H93NO8/c1-3-5-7-9-10-11-12-13-14-15-16-17-18-19-20-21-22-23-24-25-26-27-28-29-30-31-32-33-34-35-36-37-38-39-40-41-42-44-46-48-54(62)59-51(52(61)47-45-43-8-6-4-2)50-66-58-57(65)56(64)55(63)53(49-60)67-58/h5,7,10-11,13-14,16-17,19-20,22-23,25-26,28-29,31-32,34-35,37-38,51-53,55-58,60-61,63-65H,3-4,6,8-9,12,15,18,21,24,27,30,33,36,39-50H2,1-2H3,(H,59,62)/b7-5-,11-10-,14-13-,17-16-,20-19-,23-22-,26-25-,29-28-,32-31-,35-34-,38-37-. The SMILES string of the molecule is CC/C=C\C/C=C\C/C=C\C/C=C\C/C=C\C/C=C\C/C=C\C/C=C\C/C=C\C/C=C\C/C=C\CCCCCCCC(=O)NC(COC1OC(CO)C(O)C(O)C1O)C(O)CCCCCCC. The lowest BCUT2D eigenvalue weighted by Gasteiger charge is -2.40. The molecule has 7 unspecified atom stereocenters. The van der Waals surface area contributed by atoms with E-state index in [-0.39, 0.29) is 12.5 Å². The first kappa shape index (κ1) is 61.3. The zero-order valence-electron chi connectivity index (χ0n) is 41.6. The van der Waals surface area contributed by atoms with E-state index in [2.05, 4.69) is 153 Å². The van der Waals surface area contributed by atoms with Gasteiger partial charge in [-0.25, -0.2) is 0 Å². The van der Waals surface area contributed by atoms with Crippen LogP contribution in [0.2, 0.25) is 0 Å². The lowest BCUT2D eigenvalue weighted by molar-refractivity contribution is -0.302. The van der Waals surface area contributed by atoms with Gasteiger partial charge in [-0.2, -0.15) is 0 Å². The van der Waals surface area contributed by atoms with Gasteiger partial charge in [0.1, 0.15) is 24.4 Å². The molecule has 6 N–H and O–H groups in total. The maximum atomic E-state index is 12.9. The van der Waals surface area contributed by atoms with Gasteiger partial charge in [0.15, 0.2) is 6.29 Å². The minimum absolute atomic E-state index is 0.157. The molecule has 378 valence electrons. The molecule has 1 aliphatic rings. The molecule has 1 aliphatic heterocycles. The van der Waals surface area contributed by atoms with Crippen molar-refractivity contribution in [1.82, 2.24) is 5.32 Å². The molecule has 67 heavy (non-hydrogen) atoms. The van der Waals surface area contributed by atoms with E-state index in [0.717, 1.165) is 141 Å². The number of amides is 1. The Morgan fingerprint density at radius 3 is 1.37 bits per heavy atom. The largest absolute Gasteiger partial charge is 0.394 e. The summed E-state index contributed by atoms with van der Waals surface area (Å²) in [6, 6.07) is -0.735. The van der Waals surface area contributed by atoms with Crippen LogP contribution in [0.4, 0.5) is 0 Å². The smallest absolute Gasteiger partial charge is 0.220 e. The number of rotatable bonds is 41. The minimum atomic E-state index is -1.56. The van der Waals surface area contributed by atoms with Gasteiger partial charge < -0.3 is 40.3 Å². The molecule has 1 rings (SSSR count). The maximum absolute atomic E-state index is 12.9. The highest BCUT2D eigenvalue weighted by atomic mass is 16.7. The zero-order chi connectivity index (χ0) is 48.7. The molecule has 0 spiro atoms. The summed E-state index contributed by atoms with van der Waals surface area (Å²) < 4.78 is 11.2. The second-order valence-electron chi connectivity index (χ2n) is 17.2. The Morgan fingerprint density at radius 2 is 0.925 bits per heavy atom. The number of unbranched alkanes of at least 4 members (excludes halogenated alkanes) is 9. The highest BCUT2D eigenvalue weighted by Gasteiger charge is 2.44. The van der Waals surface area contributed by atoms with E-state index >= 15 is 0 Å². The van der Waals surface area contributed by atoms with Crippen molar-refractivity contribution in [2.24, 2.45) is 0 Å². The molecule has 0 aromatic heterocycles. The molecule has 9 heteroatoms. The van der Waals surface area contributed by atoms with Crippen LogP contribution in [-0.2, 0) is 14.3 Å². The first-order valence-electron chi connectivity index (χ1n) is 25.9. The Hall–Kier alpha value is -3.67. The molecule has 0 saturated carbocycles. The van der Waals surface area contributed by atoms with Crippen LogP contribution in [0.15, 0.2) is 134 Å². The highest BCUT2D eigenvalue weighted by Crippen LogP contribution is 2.23. The van der Waals surface area contributed by atoms with Gasteiger partial charge in [0, 0.05) is 6.42 Å². The fourth-order valence-corrected chi connectivity index (χ4v) is 7.16. The van der Waals surface area contributed by atoms with Crippen molar-refractivity contribution in [2.75, 3.05) is 13.2 Å². The summed E-state index contributed by atoms with van der Waals surface area (Å²) in [5.41, 5.74) is 0. The molecule has 9 nitrogen and oxygen atoms in total. The summed E-state index contributed by atoms with van der Waals surface area (Å²) in [5.74, 6) is -0.178. The molecular formula is C58H93NO8. The van der Waals surface area contributed by atoms with Crippen LogP contribution in [0.3, 0.4) is 0 Å². The first-order chi connectivity index (χ1) is 32.8. The first-order valence-corrected chi connectivity index (χ1v) is 25.9.